The molecule has 0 bridgehead atoms. The highest BCUT2D eigenvalue weighted by Gasteiger charge is 2.27. The van der Waals surface area contributed by atoms with Gasteiger partial charge in [0, 0.05) is 38.1 Å². The van der Waals surface area contributed by atoms with Crippen molar-refractivity contribution in [3.05, 3.63) is 53.0 Å². The van der Waals surface area contributed by atoms with Crippen molar-refractivity contribution in [2.24, 2.45) is 0 Å². The summed E-state index contributed by atoms with van der Waals surface area (Å²) in [6, 6.07) is 4.42. The van der Waals surface area contributed by atoms with Gasteiger partial charge in [0.2, 0.25) is 15.6 Å². The molecule has 112 valence electrons. The molecule has 2 heterocycles. The number of aromatic amines is 1. The van der Waals surface area contributed by atoms with Gasteiger partial charge in [-0.2, -0.15) is 0 Å². The van der Waals surface area contributed by atoms with E-state index in [0.717, 1.165) is 4.31 Å². The number of hydrogen-bond acceptors (Lipinski definition) is 5. The summed E-state index contributed by atoms with van der Waals surface area (Å²) in [5, 5.41) is -0.683. The maximum absolute atomic E-state index is 12.5. The van der Waals surface area contributed by atoms with Gasteiger partial charge in [0.15, 0.2) is 0 Å². The van der Waals surface area contributed by atoms with E-state index in [1.165, 1.54) is 25.4 Å². The van der Waals surface area contributed by atoms with Gasteiger partial charge < -0.3 is 4.98 Å². The van der Waals surface area contributed by atoms with Crippen LogP contribution in [-0.4, -0.2) is 35.7 Å². The second-order valence-corrected chi connectivity index (χ2v) is 6.99. The van der Waals surface area contributed by atoms with Crippen LogP contribution in [0.2, 0.25) is 0 Å². The number of aromatic nitrogens is 3. The van der Waals surface area contributed by atoms with Gasteiger partial charge in [-0.1, -0.05) is 0 Å². The van der Waals surface area contributed by atoms with E-state index in [2.05, 4.69) is 15.0 Å². The molecular weight excluding hydrogens is 292 g/mol. The highest BCUT2D eigenvalue weighted by atomic mass is 32.2. The van der Waals surface area contributed by atoms with Crippen molar-refractivity contribution in [1.82, 2.24) is 15.0 Å². The van der Waals surface area contributed by atoms with Crippen molar-refractivity contribution >= 4 is 15.7 Å². The van der Waals surface area contributed by atoms with Crippen LogP contribution in [0.4, 0.5) is 5.69 Å². The Labute approximate surface area is 122 Å². The van der Waals surface area contributed by atoms with Crippen LogP contribution < -0.4 is 9.86 Å². The fourth-order valence-electron chi connectivity index (χ4n) is 1.81. The number of pyridine rings is 1. The minimum absolute atomic E-state index is 0.219. The molecule has 0 aliphatic heterocycles. The lowest BCUT2D eigenvalue weighted by Gasteiger charge is -2.23. The molecular formula is C13H16N4O3S. The summed E-state index contributed by atoms with van der Waals surface area (Å²) >= 11 is 0. The smallest absolute Gasteiger partial charge is 0.248 e. The molecule has 0 aliphatic rings. The molecule has 21 heavy (non-hydrogen) atoms. The molecule has 2 aromatic heterocycles. The molecule has 7 nitrogen and oxygen atoms in total. The molecule has 0 amide bonds. The standard InChI is InChI=1S/C13H16N4O3S/c1-10(8-12-14-6-3-7-15-12)21(19,20)17(2)11-4-5-13(18)16-9-11/h3-7,9-10H,8H2,1-2H3,(H,16,18). The van der Waals surface area contributed by atoms with Crippen molar-refractivity contribution < 1.29 is 8.42 Å². The molecule has 0 spiro atoms. The van der Waals surface area contributed by atoms with E-state index in [1.54, 1.807) is 25.4 Å². The van der Waals surface area contributed by atoms with Crippen LogP contribution >= 0.6 is 0 Å². The minimum atomic E-state index is -3.57. The summed E-state index contributed by atoms with van der Waals surface area (Å²) in [5.74, 6) is 0.475. The van der Waals surface area contributed by atoms with E-state index >= 15 is 0 Å². The summed E-state index contributed by atoms with van der Waals surface area (Å²) in [4.78, 5) is 21.6. The van der Waals surface area contributed by atoms with Gasteiger partial charge in [-0.15, -0.1) is 0 Å². The zero-order valence-electron chi connectivity index (χ0n) is 11.7. The highest BCUT2D eigenvalue weighted by Crippen LogP contribution is 2.18. The van der Waals surface area contributed by atoms with Gasteiger partial charge in [-0.3, -0.25) is 9.10 Å². The number of rotatable bonds is 5. The Hall–Kier alpha value is -2.22. The molecule has 2 rings (SSSR count). The van der Waals surface area contributed by atoms with Crippen molar-refractivity contribution in [2.45, 2.75) is 18.6 Å². The van der Waals surface area contributed by atoms with E-state index in [4.69, 9.17) is 0 Å². The first-order valence-corrected chi connectivity index (χ1v) is 7.84. The largest absolute Gasteiger partial charge is 0.327 e. The summed E-state index contributed by atoms with van der Waals surface area (Å²) < 4.78 is 26.1. The van der Waals surface area contributed by atoms with Crippen LogP contribution in [0, 0.1) is 0 Å². The van der Waals surface area contributed by atoms with Crippen LogP contribution in [0.5, 0.6) is 0 Å². The Morgan fingerprint density at radius 3 is 2.52 bits per heavy atom. The topological polar surface area (TPSA) is 96.0 Å². The van der Waals surface area contributed by atoms with Gasteiger partial charge >= 0.3 is 0 Å². The number of hydrogen-bond donors (Lipinski definition) is 1. The lowest BCUT2D eigenvalue weighted by atomic mass is 10.3. The van der Waals surface area contributed by atoms with Gasteiger partial charge in [0.1, 0.15) is 5.82 Å². The van der Waals surface area contributed by atoms with E-state index in [-0.39, 0.29) is 12.0 Å². The van der Waals surface area contributed by atoms with Crippen molar-refractivity contribution in [3.8, 4) is 0 Å². The Morgan fingerprint density at radius 2 is 1.95 bits per heavy atom. The van der Waals surface area contributed by atoms with Gasteiger partial charge in [-0.25, -0.2) is 18.4 Å². The Balaban J connectivity index is 2.20. The number of H-pyrrole nitrogens is 1. The molecule has 0 aliphatic carbocycles. The lowest BCUT2D eigenvalue weighted by molar-refractivity contribution is 0.578. The third-order valence-electron chi connectivity index (χ3n) is 3.11. The molecule has 1 atom stereocenters. The quantitative estimate of drug-likeness (QED) is 0.870. The molecule has 8 heteroatoms. The zero-order chi connectivity index (χ0) is 15.5. The number of sulfonamides is 1. The average Bonchev–Trinajstić information content (AvgIpc) is 2.48. The monoisotopic (exact) mass is 308 g/mol. The SMILES string of the molecule is CC(Cc1ncccn1)S(=O)(=O)N(C)c1ccc(=O)[nH]c1. The predicted octanol–water partition coefficient (Wildman–Crippen LogP) is 0.562. The lowest BCUT2D eigenvalue weighted by Crippen LogP contribution is -2.36. The minimum Gasteiger partial charge on any atom is -0.327 e. The van der Waals surface area contributed by atoms with Crippen molar-refractivity contribution in [2.75, 3.05) is 11.4 Å². The summed E-state index contributed by atoms with van der Waals surface area (Å²) in [6.45, 7) is 1.61. The van der Waals surface area contributed by atoms with E-state index in [1.807, 2.05) is 0 Å². The number of anilines is 1. The molecule has 2 aromatic rings. The molecule has 0 radical (unpaired) electrons. The van der Waals surface area contributed by atoms with E-state index in [0.29, 0.717) is 11.5 Å². The molecule has 0 fully saturated rings. The summed E-state index contributed by atoms with van der Waals surface area (Å²) in [6.07, 6.45) is 4.74. The second-order valence-electron chi connectivity index (χ2n) is 4.60. The molecule has 0 saturated carbocycles. The number of nitrogens with one attached hydrogen (secondary N) is 1. The molecule has 0 aromatic carbocycles. The Kier molecular flexibility index (Phi) is 4.37. The maximum Gasteiger partial charge on any atom is 0.248 e. The third kappa shape index (κ3) is 3.46. The van der Waals surface area contributed by atoms with Crippen LogP contribution in [0.15, 0.2) is 41.6 Å². The number of nitrogens with zero attached hydrogens (tertiary/aromatic N) is 3. The average molecular weight is 308 g/mol. The van der Waals surface area contributed by atoms with E-state index < -0.39 is 15.3 Å². The first-order chi connectivity index (χ1) is 9.91. The highest BCUT2D eigenvalue weighted by molar-refractivity contribution is 7.93. The molecule has 1 N–H and O–H groups in total. The van der Waals surface area contributed by atoms with Gasteiger partial charge in [-0.05, 0) is 19.1 Å². The molecule has 1 unspecified atom stereocenters. The summed E-state index contributed by atoms with van der Waals surface area (Å²) in [7, 11) is -2.12. The Morgan fingerprint density at radius 1 is 1.29 bits per heavy atom. The Bertz CT molecular complexity index is 738. The first-order valence-electron chi connectivity index (χ1n) is 6.33. The summed E-state index contributed by atoms with van der Waals surface area (Å²) in [5.41, 5.74) is 0.116. The fourth-order valence-corrected chi connectivity index (χ4v) is 3.12. The van der Waals surface area contributed by atoms with Crippen molar-refractivity contribution in [1.29, 1.82) is 0 Å². The first kappa shape index (κ1) is 15.2. The van der Waals surface area contributed by atoms with E-state index in [9.17, 15) is 13.2 Å². The van der Waals surface area contributed by atoms with Crippen LogP contribution in [0.3, 0.4) is 0 Å². The molecule has 0 saturated heterocycles. The second kappa shape index (κ2) is 6.04. The van der Waals surface area contributed by atoms with Gasteiger partial charge in [0.05, 0.1) is 10.9 Å². The van der Waals surface area contributed by atoms with Crippen LogP contribution in [0.1, 0.15) is 12.7 Å². The zero-order valence-corrected chi connectivity index (χ0v) is 12.5. The predicted molar refractivity (Wildman–Crippen MR) is 79.6 cm³/mol. The third-order valence-corrected chi connectivity index (χ3v) is 5.27. The normalized spacial score (nSPS) is 12.9. The van der Waals surface area contributed by atoms with Crippen LogP contribution in [0.25, 0.3) is 0 Å². The van der Waals surface area contributed by atoms with Crippen molar-refractivity contribution in [3.63, 3.8) is 0 Å². The maximum atomic E-state index is 12.5. The fraction of sp³-hybridized carbons (Fsp3) is 0.308. The van der Waals surface area contributed by atoms with Gasteiger partial charge in [0.25, 0.3) is 0 Å². The van der Waals surface area contributed by atoms with Crippen LogP contribution in [-0.2, 0) is 16.4 Å².